The van der Waals surface area contributed by atoms with E-state index in [0.717, 1.165) is 35.7 Å². The van der Waals surface area contributed by atoms with Crippen LogP contribution in [0.2, 0.25) is 5.02 Å². The summed E-state index contributed by atoms with van der Waals surface area (Å²) in [6.45, 7) is 4.48. The van der Waals surface area contributed by atoms with Crippen LogP contribution >= 0.6 is 22.9 Å². The van der Waals surface area contributed by atoms with Gasteiger partial charge in [0.1, 0.15) is 11.5 Å². The number of ether oxygens (including phenoxy) is 1. The lowest BCUT2D eigenvalue weighted by Crippen LogP contribution is -2.20. The van der Waals surface area contributed by atoms with Crippen LogP contribution in [0.3, 0.4) is 0 Å². The molecule has 29 heavy (non-hydrogen) atoms. The number of rotatable bonds is 5. The van der Waals surface area contributed by atoms with Crippen molar-refractivity contribution in [2.45, 2.75) is 39.7 Å². The number of amides is 1. The largest absolute Gasteiger partial charge is 0.462 e. The highest BCUT2D eigenvalue weighted by Gasteiger charge is 2.29. The Morgan fingerprint density at radius 3 is 2.97 bits per heavy atom. The molecule has 0 fully saturated rings. The van der Waals surface area contributed by atoms with Crippen LogP contribution in [0.5, 0.6) is 0 Å². The number of benzene rings is 1. The summed E-state index contributed by atoms with van der Waals surface area (Å²) in [6.07, 6.45) is 4.70. The third-order valence-corrected chi connectivity index (χ3v) is 6.70. The van der Waals surface area contributed by atoms with Crippen molar-refractivity contribution < 1.29 is 14.3 Å². The second-order valence-electron chi connectivity index (χ2n) is 7.47. The molecule has 152 valence electrons. The molecule has 3 aromatic rings. The quantitative estimate of drug-likeness (QED) is 0.559. The van der Waals surface area contributed by atoms with Crippen LogP contribution < -0.4 is 5.32 Å². The van der Waals surface area contributed by atoms with Crippen molar-refractivity contribution in [2.75, 3.05) is 11.9 Å². The number of aromatic nitrogens is 1. The number of anilines is 1. The van der Waals surface area contributed by atoms with E-state index in [4.69, 9.17) is 16.3 Å². The van der Waals surface area contributed by atoms with Crippen LogP contribution in [-0.4, -0.2) is 23.1 Å². The zero-order chi connectivity index (χ0) is 20.5. The van der Waals surface area contributed by atoms with Crippen molar-refractivity contribution in [1.29, 1.82) is 0 Å². The Morgan fingerprint density at radius 2 is 2.17 bits per heavy atom. The highest BCUT2D eigenvalue weighted by molar-refractivity contribution is 7.17. The lowest BCUT2D eigenvalue weighted by molar-refractivity contribution is -0.116. The van der Waals surface area contributed by atoms with Gasteiger partial charge in [0.15, 0.2) is 0 Å². The molecule has 0 radical (unpaired) electrons. The van der Waals surface area contributed by atoms with Crippen LogP contribution in [0.1, 0.15) is 41.1 Å². The van der Waals surface area contributed by atoms with Crippen molar-refractivity contribution >= 4 is 50.7 Å². The molecule has 4 rings (SSSR count). The molecule has 1 unspecified atom stereocenters. The molecule has 0 saturated carbocycles. The maximum Gasteiger partial charge on any atom is 0.341 e. The lowest BCUT2D eigenvalue weighted by atomic mass is 9.88. The normalized spacial score (nSPS) is 15.9. The number of esters is 1. The van der Waals surface area contributed by atoms with Gasteiger partial charge in [-0.25, -0.2) is 4.79 Å². The fraction of sp³-hybridized carbons (Fsp3) is 0.364. The van der Waals surface area contributed by atoms with Crippen molar-refractivity contribution in [3.8, 4) is 0 Å². The first-order valence-electron chi connectivity index (χ1n) is 9.82. The van der Waals surface area contributed by atoms with E-state index < -0.39 is 0 Å². The molecule has 1 aliphatic rings. The van der Waals surface area contributed by atoms with Gasteiger partial charge in [0.05, 0.1) is 12.2 Å². The fourth-order valence-electron chi connectivity index (χ4n) is 3.89. The summed E-state index contributed by atoms with van der Waals surface area (Å²) < 4.78 is 7.15. The summed E-state index contributed by atoms with van der Waals surface area (Å²) in [4.78, 5) is 26.6. The van der Waals surface area contributed by atoms with Gasteiger partial charge in [0.25, 0.3) is 0 Å². The Labute approximate surface area is 178 Å². The molecule has 1 atom stereocenters. The minimum Gasteiger partial charge on any atom is -0.462 e. The minimum absolute atomic E-state index is 0.159. The van der Waals surface area contributed by atoms with Crippen LogP contribution in [-0.2, 0) is 28.9 Å². The molecule has 5 nitrogen and oxygen atoms in total. The first-order valence-corrected chi connectivity index (χ1v) is 11.0. The van der Waals surface area contributed by atoms with Crippen molar-refractivity contribution in [3.05, 3.63) is 51.5 Å². The number of carbonyl (C=O) groups excluding carboxylic acids is 2. The Hall–Kier alpha value is -2.31. The molecule has 1 aromatic carbocycles. The summed E-state index contributed by atoms with van der Waals surface area (Å²) >= 11 is 7.55. The molecule has 2 heterocycles. The monoisotopic (exact) mass is 430 g/mol. The van der Waals surface area contributed by atoms with E-state index in [2.05, 4.69) is 12.2 Å². The van der Waals surface area contributed by atoms with E-state index in [9.17, 15) is 9.59 Å². The topological polar surface area (TPSA) is 60.3 Å². The first-order chi connectivity index (χ1) is 14.0. The standard InChI is InChI=1S/C22H23ClN2O3S/c1-3-28-22(27)20-16-6-4-13(2)10-18(16)29-21(20)24-19(26)12-25-9-8-14-11-15(23)5-7-17(14)25/h5,7-9,11,13H,3-4,6,10,12H2,1-2H3,(H,24,26). The molecular formula is C22H23ClN2O3S. The Bertz CT molecular complexity index is 1090. The second kappa shape index (κ2) is 8.20. The van der Waals surface area contributed by atoms with Crippen LogP contribution in [0.4, 0.5) is 5.00 Å². The average Bonchev–Trinajstić information content (AvgIpc) is 3.21. The summed E-state index contributed by atoms with van der Waals surface area (Å²) in [7, 11) is 0. The number of hydrogen-bond acceptors (Lipinski definition) is 4. The summed E-state index contributed by atoms with van der Waals surface area (Å²) in [6, 6.07) is 7.52. The maximum absolute atomic E-state index is 12.8. The third kappa shape index (κ3) is 4.05. The number of nitrogens with one attached hydrogen (secondary N) is 1. The predicted octanol–water partition coefficient (Wildman–Crippen LogP) is 5.30. The number of thiophene rings is 1. The molecule has 1 N–H and O–H groups in total. The zero-order valence-electron chi connectivity index (χ0n) is 16.5. The first kappa shape index (κ1) is 20.0. The van der Waals surface area contributed by atoms with Gasteiger partial charge in [0, 0.05) is 27.0 Å². The van der Waals surface area contributed by atoms with Gasteiger partial charge >= 0.3 is 5.97 Å². The van der Waals surface area contributed by atoms with Gasteiger partial charge in [-0.15, -0.1) is 11.3 Å². The summed E-state index contributed by atoms with van der Waals surface area (Å²) in [5, 5.41) is 5.22. The highest BCUT2D eigenvalue weighted by Crippen LogP contribution is 2.40. The third-order valence-electron chi connectivity index (χ3n) is 5.29. The number of carbonyl (C=O) groups is 2. The molecule has 0 spiro atoms. The molecule has 0 aliphatic heterocycles. The Balaban J connectivity index is 1.59. The molecule has 2 aromatic heterocycles. The van der Waals surface area contributed by atoms with Crippen molar-refractivity contribution in [3.63, 3.8) is 0 Å². The van der Waals surface area contributed by atoms with Gasteiger partial charge in [-0.3, -0.25) is 4.79 Å². The second-order valence-corrected chi connectivity index (χ2v) is 9.01. The van der Waals surface area contributed by atoms with Gasteiger partial charge in [-0.2, -0.15) is 0 Å². The van der Waals surface area contributed by atoms with Crippen molar-refractivity contribution in [2.24, 2.45) is 5.92 Å². The Morgan fingerprint density at radius 1 is 1.34 bits per heavy atom. The van der Waals surface area contributed by atoms with Gasteiger partial charge in [-0.1, -0.05) is 18.5 Å². The van der Waals surface area contributed by atoms with Gasteiger partial charge in [0.2, 0.25) is 5.91 Å². The zero-order valence-corrected chi connectivity index (χ0v) is 18.0. The van der Waals surface area contributed by atoms with Crippen molar-refractivity contribution in [1.82, 2.24) is 4.57 Å². The number of fused-ring (bicyclic) bond motifs is 2. The maximum atomic E-state index is 12.8. The number of nitrogens with zero attached hydrogens (tertiary/aromatic N) is 1. The van der Waals surface area contributed by atoms with E-state index in [1.807, 2.05) is 35.0 Å². The summed E-state index contributed by atoms with van der Waals surface area (Å²) in [5.41, 5.74) is 2.52. The van der Waals surface area contributed by atoms with E-state index in [-0.39, 0.29) is 18.4 Å². The van der Waals surface area contributed by atoms with Crippen LogP contribution in [0, 0.1) is 5.92 Å². The van der Waals surface area contributed by atoms with Crippen LogP contribution in [0.25, 0.3) is 10.9 Å². The van der Waals surface area contributed by atoms with Gasteiger partial charge < -0.3 is 14.6 Å². The van der Waals surface area contributed by atoms with E-state index in [1.165, 1.54) is 16.2 Å². The molecule has 0 bridgehead atoms. The smallest absolute Gasteiger partial charge is 0.341 e. The number of halogens is 1. The molecular weight excluding hydrogens is 408 g/mol. The van der Waals surface area contributed by atoms with Gasteiger partial charge in [-0.05, 0) is 61.9 Å². The predicted molar refractivity (Wildman–Crippen MR) is 117 cm³/mol. The minimum atomic E-state index is -0.351. The van der Waals surface area contributed by atoms with Crippen LogP contribution in [0.15, 0.2) is 30.5 Å². The molecule has 7 heteroatoms. The highest BCUT2D eigenvalue weighted by atomic mass is 35.5. The number of hydrogen-bond donors (Lipinski definition) is 1. The molecule has 1 aliphatic carbocycles. The molecule has 1 amide bonds. The van der Waals surface area contributed by atoms with E-state index in [1.54, 1.807) is 6.92 Å². The SMILES string of the molecule is CCOC(=O)c1c(NC(=O)Cn2ccc3cc(Cl)ccc32)sc2c1CCC(C)C2. The molecule has 0 saturated heterocycles. The lowest BCUT2D eigenvalue weighted by Gasteiger charge is -2.18. The van der Waals surface area contributed by atoms with E-state index in [0.29, 0.717) is 28.1 Å². The summed E-state index contributed by atoms with van der Waals surface area (Å²) in [5.74, 6) is 0.0587. The Kier molecular flexibility index (Phi) is 5.65. The fourth-order valence-corrected chi connectivity index (χ4v) is 5.48. The average molecular weight is 431 g/mol. The van der Waals surface area contributed by atoms with E-state index >= 15 is 0 Å².